The number of carbonyl (C=O) groups excluding carboxylic acids is 1. The average molecular weight is 406 g/mol. The summed E-state index contributed by atoms with van der Waals surface area (Å²) in [6.45, 7) is 1.70. The first-order valence-corrected chi connectivity index (χ1v) is 11.0. The Labute approximate surface area is 173 Å². The molecule has 2 aromatic carbocycles. The van der Waals surface area contributed by atoms with E-state index >= 15 is 0 Å². The van der Waals surface area contributed by atoms with Gasteiger partial charge in [-0.25, -0.2) is 10.1 Å². The highest BCUT2D eigenvalue weighted by molar-refractivity contribution is 7.99. The topological polar surface area (TPSA) is 66.3 Å². The Kier molecular flexibility index (Phi) is 4.97. The van der Waals surface area contributed by atoms with Crippen LogP contribution in [0.2, 0.25) is 0 Å². The second-order valence-corrected chi connectivity index (χ2v) is 8.51. The van der Waals surface area contributed by atoms with E-state index in [4.69, 9.17) is 0 Å². The van der Waals surface area contributed by atoms with Crippen molar-refractivity contribution in [2.24, 2.45) is 5.92 Å². The molecule has 0 atom stereocenters. The third kappa shape index (κ3) is 3.74. The van der Waals surface area contributed by atoms with Crippen LogP contribution in [0, 0.1) is 5.92 Å². The van der Waals surface area contributed by atoms with Gasteiger partial charge in [0.15, 0.2) is 5.16 Å². The van der Waals surface area contributed by atoms with E-state index < -0.39 is 0 Å². The number of imidazole rings is 1. The number of amides is 1. The molecule has 1 aliphatic rings. The fraction of sp³-hybridized carbons (Fsp3) is 0.318. The van der Waals surface area contributed by atoms with Crippen molar-refractivity contribution in [1.82, 2.24) is 24.5 Å². The van der Waals surface area contributed by atoms with Gasteiger partial charge in [0.1, 0.15) is 0 Å². The predicted octanol–water partition coefficient (Wildman–Crippen LogP) is 3.78. The molecule has 3 heterocycles. The summed E-state index contributed by atoms with van der Waals surface area (Å²) in [4.78, 5) is 19.3. The van der Waals surface area contributed by atoms with Crippen LogP contribution < -0.4 is 0 Å². The van der Waals surface area contributed by atoms with E-state index in [1.165, 1.54) is 17.3 Å². The normalized spacial score (nSPS) is 15.4. The number of para-hydroxylation sites is 2. The van der Waals surface area contributed by atoms with Gasteiger partial charge in [0.05, 0.1) is 16.8 Å². The molecule has 1 N–H and O–H groups in total. The Bertz CT molecular complexity index is 1130. The number of nitrogens with one attached hydrogen (secondary N) is 1. The van der Waals surface area contributed by atoms with Crippen LogP contribution in [-0.2, 0) is 11.2 Å². The summed E-state index contributed by atoms with van der Waals surface area (Å²) in [5, 5.41) is 8.09. The van der Waals surface area contributed by atoms with Gasteiger partial charge >= 0.3 is 0 Å². The number of piperidine rings is 1. The Morgan fingerprint density at radius 3 is 2.66 bits per heavy atom. The fourth-order valence-corrected chi connectivity index (χ4v) is 4.95. The van der Waals surface area contributed by atoms with E-state index in [2.05, 4.69) is 45.5 Å². The molecule has 0 aliphatic carbocycles. The molecule has 1 saturated heterocycles. The van der Waals surface area contributed by atoms with Crippen molar-refractivity contribution in [2.75, 3.05) is 18.8 Å². The van der Waals surface area contributed by atoms with Gasteiger partial charge in [-0.3, -0.25) is 9.20 Å². The summed E-state index contributed by atoms with van der Waals surface area (Å²) in [5.41, 5.74) is 3.32. The Hall–Kier alpha value is -2.80. The van der Waals surface area contributed by atoms with E-state index in [-0.39, 0.29) is 5.91 Å². The average Bonchev–Trinajstić information content (AvgIpc) is 3.33. The van der Waals surface area contributed by atoms with Crippen molar-refractivity contribution in [1.29, 1.82) is 0 Å². The molecular weight excluding hydrogens is 382 g/mol. The number of aromatic amines is 1. The van der Waals surface area contributed by atoms with E-state index in [1.807, 2.05) is 33.6 Å². The minimum absolute atomic E-state index is 0.189. The van der Waals surface area contributed by atoms with Crippen LogP contribution in [0.5, 0.6) is 0 Å². The maximum atomic E-state index is 12.7. The number of thioether (sulfide) groups is 1. The third-order valence-corrected chi connectivity index (χ3v) is 6.59. The number of hydrogen-bond acceptors (Lipinski definition) is 4. The minimum atomic E-state index is 0.189. The maximum absolute atomic E-state index is 12.7. The summed E-state index contributed by atoms with van der Waals surface area (Å²) in [5.74, 6) is 1.96. The van der Waals surface area contributed by atoms with E-state index in [9.17, 15) is 4.79 Å². The first kappa shape index (κ1) is 18.2. The standard InChI is InChI=1S/C22H23N5OS/c28-20(26-12-10-17(11-13-26)14-16-6-2-1-3-7-16)15-29-22-25-24-21-23-18-8-4-5-9-19(18)27(21)22/h1-9,17H,10-15H2,(H,23,24). The molecule has 0 radical (unpaired) electrons. The SMILES string of the molecule is O=C(CSc1n[nH]c2nc3ccccc3n12)N1CCC(Cc2ccccc2)CC1. The second kappa shape index (κ2) is 7.91. The summed E-state index contributed by atoms with van der Waals surface area (Å²) in [7, 11) is 0. The lowest BCUT2D eigenvalue weighted by Gasteiger charge is -2.32. The highest BCUT2D eigenvalue weighted by atomic mass is 32.2. The van der Waals surface area contributed by atoms with Crippen LogP contribution in [0.4, 0.5) is 0 Å². The van der Waals surface area contributed by atoms with Crippen LogP contribution in [0.1, 0.15) is 18.4 Å². The third-order valence-electron chi connectivity index (χ3n) is 5.66. The molecular formula is C22H23N5OS. The number of H-pyrrole nitrogens is 1. The number of fused-ring (bicyclic) bond motifs is 3. The molecule has 0 saturated carbocycles. The lowest BCUT2D eigenvalue weighted by molar-refractivity contribution is -0.129. The summed E-state index contributed by atoms with van der Waals surface area (Å²) in [6.07, 6.45) is 3.25. The van der Waals surface area contributed by atoms with Gasteiger partial charge in [0.25, 0.3) is 0 Å². The maximum Gasteiger partial charge on any atom is 0.233 e. The summed E-state index contributed by atoms with van der Waals surface area (Å²) < 4.78 is 1.99. The molecule has 7 heteroatoms. The lowest BCUT2D eigenvalue weighted by atomic mass is 9.90. The predicted molar refractivity (Wildman–Crippen MR) is 115 cm³/mol. The molecule has 6 nitrogen and oxygen atoms in total. The lowest BCUT2D eigenvalue weighted by Crippen LogP contribution is -2.39. The molecule has 2 aromatic heterocycles. The second-order valence-electron chi connectivity index (χ2n) is 7.57. The number of rotatable bonds is 5. The molecule has 1 aliphatic heterocycles. The van der Waals surface area contributed by atoms with Crippen LogP contribution in [0.3, 0.4) is 0 Å². The molecule has 0 bridgehead atoms. The number of hydrogen-bond donors (Lipinski definition) is 1. The van der Waals surface area contributed by atoms with Crippen molar-refractivity contribution in [2.45, 2.75) is 24.4 Å². The van der Waals surface area contributed by atoms with Crippen molar-refractivity contribution in [3.63, 3.8) is 0 Å². The van der Waals surface area contributed by atoms with Crippen molar-refractivity contribution < 1.29 is 4.79 Å². The molecule has 0 unspecified atom stereocenters. The van der Waals surface area contributed by atoms with Crippen molar-refractivity contribution in [3.8, 4) is 0 Å². The Morgan fingerprint density at radius 1 is 1.07 bits per heavy atom. The number of aromatic nitrogens is 4. The first-order valence-electron chi connectivity index (χ1n) is 10.0. The van der Waals surface area contributed by atoms with E-state index in [1.54, 1.807) is 0 Å². The highest BCUT2D eigenvalue weighted by Crippen LogP contribution is 2.25. The number of carbonyl (C=O) groups is 1. The van der Waals surface area contributed by atoms with Gasteiger partial charge in [0, 0.05) is 13.1 Å². The fourth-order valence-electron chi connectivity index (χ4n) is 4.09. The van der Waals surface area contributed by atoms with Crippen molar-refractivity contribution in [3.05, 3.63) is 60.2 Å². The smallest absolute Gasteiger partial charge is 0.233 e. The zero-order valence-corrected chi connectivity index (χ0v) is 16.9. The van der Waals surface area contributed by atoms with Crippen molar-refractivity contribution >= 4 is 34.5 Å². The number of nitrogens with zero attached hydrogens (tertiary/aromatic N) is 4. The van der Waals surface area contributed by atoms with Gasteiger partial charge in [-0.05, 0) is 42.9 Å². The number of benzene rings is 2. The molecule has 148 valence electrons. The van der Waals surface area contributed by atoms with Crippen LogP contribution in [-0.4, -0.2) is 49.2 Å². The van der Waals surface area contributed by atoms with Crippen LogP contribution in [0.25, 0.3) is 16.8 Å². The zero-order chi connectivity index (χ0) is 19.6. The minimum Gasteiger partial charge on any atom is -0.342 e. The van der Waals surface area contributed by atoms with Crippen LogP contribution in [0.15, 0.2) is 59.8 Å². The first-order chi connectivity index (χ1) is 14.3. The van der Waals surface area contributed by atoms with Gasteiger partial charge in [-0.2, -0.15) is 0 Å². The largest absolute Gasteiger partial charge is 0.342 e. The molecule has 0 spiro atoms. The highest BCUT2D eigenvalue weighted by Gasteiger charge is 2.23. The molecule has 4 aromatic rings. The molecule has 29 heavy (non-hydrogen) atoms. The monoisotopic (exact) mass is 405 g/mol. The Balaban J connectivity index is 1.18. The van der Waals surface area contributed by atoms with Gasteiger partial charge < -0.3 is 4.90 Å². The van der Waals surface area contributed by atoms with Gasteiger partial charge in [-0.1, -0.05) is 54.2 Å². The van der Waals surface area contributed by atoms with E-state index in [0.717, 1.165) is 48.5 Å². The molecule has 1 fully saturated rings. The molecule has 1 amide bonds. The number of likely N-dealkylation sites (tertiary alicyclic amines) is 1. The summed E-state index contributed by atoms with van der Waals surface area (Å²) in [6, 6.07) is 18.6. The van der Waals surface area contributed by atoms with E-state index in [0.29, 0.717) is 17.4 Å². The summed E-state index contributed by atoms with van der Waals surface area (Å²) >= 11 is 1.47. The quantitative estimate of drug-likeness (QED) is 0.513. The van der Waals surface area contributed by atoms with Crippen LogP contribution >= 0.6 is 11.8 Å². The molecule has 5 rings (SSSR count). The Morgan fingerprint density at radius 2 is 1.83 bits per heavy atom. The van der Waals surface area contributed by atoms with Gasteiger partial charge in [-0.15, -0.1) is 5.10 Å². The van der Waals surface area contributed by atoms with Gasteiger partial charge in [0.2, 0.25) is 11.7 Å². The zero-order valence-electron chi connectivity index (χ0n) is 16.1.